The van der Waals surface area contributed by atoms with Crippen LogP contribution in [0.1, 0.15) is 5.56 Å². The van der Waals surface area contributed by atoms with Gasteiger partial charge in [0.25, 0.3) is 0 Å². The van der Waals surface area contributed by atoms with Gasteiger partial charge >= 0.3 is 0 Å². The van der Waals surface area contributed by atoms with Crippen LogP contribution in [0.5, 0.6) is 5.75 Å². The molecule has 0 radical (unpaired) electrons. The Balaban J connectivity index is 1.41. The largest absolute Gasteiger partial charge is 0.489 e. The molecule has 0 saturated heterocycles. The van der Waals surface area contributed by atoms with E-state index in [1.54, 1.807) is 16.8 Å². The predicted molar refractivity (Wildman–Crippen MR) is 98.3 cm³/mol. The van der Waals surface area contributed by atoms with E-state index >= 15 is 0 Å². The Labute approximate surface area is 150 Å². The molecule has 4 rings (SSSR count). The van der Waals surface area contributed by atoms with Gasteiger partial charge < -0.3 is 10.1 Å². The summed E-state index contributed by atoms with van der Waals surface area (Å²) in [5.41, 5.74) is 3.12. The smallest absolute Gasteiger partial charge is 0.150 e. The van der Waals surface area contributed by atoms with Gasteiger partial charge in [0.1, 0.15) is 30.4 Å². The number of benzene rings is 3. The molecule has 26 heavy (non-hydrogen) atoms. The van der Waals surface area contributed by atoms with E-state index in [4.69, 9.17) is 4.74 Å². The molecule has 1 N–H and O–H groups in total. The summed E-state index contributed by atoms with van der Waals surface area (Å²) in [7, 11) is 0. The van der Waals surface area contributed by atoms with Gasteiger partial charge in [0.05, 0.1) is 11.2 Å². The minimum Gasteiger partial charge on any atom is -0.489 e. The highest BCUT2D eigenvalue weighted by Gasteiger charge is 2.07. The molecular formula is C20H17FN4O. The number of fused-ring (bicyclic) bond motifs is 1. The van der Waals surface area contributed by atoms with Crippen LogP contribution in [0, 0.1) is 5.82 Å². The Morgan fingerprint density at radius 3 is 2.62 bits per heavy atom. The molecule has 1 heterocycles. The second kappa shape index (κ2) is 7.23. The molecule has 0 spiro atoms. The standard InChI is InChI=1S/C20H17FN4O/c21-17-12-16(26-13-15-6-2-1-3-7-15)10-11-18(17)22-14-25-20-9-5-4-8-19(20)23-24-25/h1-12,22H,13-14H2. The van der Waals surface area contributed by atoms with Gasteiger partial charge in [-0.05, 0) is 29.8 Å². The van der Waals surface area contributed by atoms with E-state index in [1.165, 1.54) is 6.07 Å². The summed E-state index contributed by atoms with van der Waals surface area (Å²) in [6.45, 7) is 0.722. The minimum atomic E-state index is -0.375. The molecule has 0 saturated carbocycles. The molecule has 0 unspecified atom stereocenters. The van der Waals surface area contributed by atoms with Crippen molar-refractivity contribution in [2.45, 2.75) is 13.3 Å². The lowest BCUT2D eigenvalue weighted by Crippen LogP contribution is -2.10. The summed E-state index contributed by atoms with van der Waals surface area (Å²) in [6, 6.07) is 22.2. The van der Waals surface area contributed by atoms with E-state index in [9.17, 15) is 4.39 Å². The van der Waals surface area contributed by atoms with Crippen LogP contribution in [-0.4, -0.2) is 15.0 Å². The van der Waals surface area contributed by atoms with Crippen molar-refractivity contribution in [3.05, 3.63) is 84.2 Å². The van der Waals surface area contributed by atoms with Crippen LogP contribution in [0.2, 0.25) is 0 Å². The fourth-order valence-corrected chi connectivity index (χ4v) is 2.66. The summed E-state index contributed by atoms with van der Waals surface area (Å²) in [5.74, 6) is 0.114. The van der Waals surface area contributed by atoms with Crippen molar-refractivity contribution in [2.24, 2.45) is 0 Å². The fourth-order valence-electron chi connectivity index (χ4n) is 2.66. The number of ether oxygens (including phenoxy) is 1. The Hall–Kier alpha value is -3.41. The lowest BCUT2D eigenvalue weighted by atomic mass is 10.2. The topological polar surface area (TPSA) is 52.0 Å². The molecule has 1 aromatic heterocycles. The Kier molecular flexibility index (Phi) is 4.47. The monoisotopic (exact) mass is 348 g/mol. The molecule has 0 aliphatic rings. The molecule has 0 atom stereocenters. The van der Waals surface area contributed by atoms with Crippen LogP contribution in [0.15, 0.2) is 72.8 Å². The maximum atomic E-state index is 14.3. The van der Waals surface area contributed by atoms with Gasteiger partial charge in [-0.1, -0.05) is 47.7 Å². The number of halogens is 1. The third kappa shape index (κ3) is 3.49. The van der Waals surface area contributed by atoms with Crippen LogP contribution < -0.4 is 10.1 Å². The van der Waals surface area contributed by atoms with Crippen LogP contribution in [0.3, 0.4) is 0 Å². The first-order chi connectivity index (χ1) is 12.8. The summed E-state index contributed by atoms with van der Waals surface area (Å²) in [5, 5.41) is 11.2. The number of anilines is 1. The van der Waals surface area contributed by atoms with E-state index in [0.29, 0.717) is 24.7 Å². The van der Waals surface area contributed by atoms with Crippen molar-refractivity contribution in [3.8, 4) is 5.75 Å². The summed E-state index contributed by atoms with van der Waals surface area (Å²) in [4.78, 5) is 0. The van der Waals surface area contributed by atoms with Crippen molar-refractivity contribution < 1.29 is 9.13 Å². The number of para-hydroxylation sites is 1. The fraction of sp³-hybridized carbons (Fsp3) is 0.100. The van der Waals surface area contributed by atoms with Gasteiger partial charge in [0.15, 0.2) is 0 Å². The van der Waals surface area contributed by atoms with Gasteiger partial charge in [-0.25, -0.2) is 9.07 Å². The SMILES string of the molecule is Fc1cc(OCc2ccccc2)ccc1NCn1nnc2ccccc21. The van der Waals surface area contributed by atoms with Crippen LogP contribution in [0.4, 0.5) is 10.1 Å². The number of hydrogen-bond donors (Lipinski definition) is 1. The van der Waals surface area contributed by atoms with Crippen molar-refractivity contribution in [1.82, 2.24) is 15.0 Å². The van der Waals surface area contributed by atoms with E-state index in [0.717, 1.165) is 16.6 Å². The quantitative estimate of drug-likeness (QED) is 0.567. The summed E-state index contributed by atoms with van der Waals surface area (Å²) in [6.07, 6.45) is 0. The van der Waals surface area contributed by atoms with Crippen molar-refractivity contribution in [1.29, 1.82) is 0 Å². The van der Waals surface area contributed by atoms with Crippen molar-refractivity contribution in [2.75, 3.05) is 5.32 Å². The molecule has 130 valence electrons. The van der Waals surface area contributed by atoms with Gasteiger partial charge in [-0.15, -0.1) is 5.10 Å². The van der Waals surface area contributed by atoms with Gasteiger partial charge in [0.2, 0.25) is 0 Å². The zero-order valence-corrected chi connectivity index (χ0v) is 14.0. The highest BCUT2D eigenvalue weighted by atomic mass is 19.1. The number of rotatable bonds is 6. The first kappa shape index (κ1) is 16.1. The molecule has 5 nitrogen and oxygen atoms in total. The molecule has 3 aromatic carbocycles. The molecule has 4 aromatic rings. The zero-order valence-electron chi connectivity index (χ0n) is 14.0. The lowest BCUT2D eigenvalue weighted by Gasteiger charge is -2.11. The van der Waals surface area contributed by atoms with Crippen molar-refractivity contribution >= 4 is 16.7 Å². The normalized spacial score (nSPS) is 10.8. The Morgan fingerprint density at radius 1 is 0.962 bits per heavy atom. The predicted octanol–water partition coefficient (Wildman–Crippen LogP) is 4.22. The molecule has 0 bridgehead atoms. The zero-order chi connectivity index (χ0) is 17.8. The molecule has 0 fully saturated rings. The third-order valence-corrected chi connectivity index (χ3v) is 4.03. The summed E-state index contributed by atoms with van der Waals surface area (Å²) < 4.78 is 21.7. The van der Waals surface area contributed by atoms with E-state index < -0.39 is 0 Å². The number of nitrogens with zero attached hydrogens (tertiary/aromatic N) is 3. The third-order valence-electron chi connectivity index (χ3n) is 4.03. The summed E-state index contributed by atoms with van der Waals surface area (Å²) >= 11 is 0. The first-order valence-corrected chi connectivity index (χ1v) is 8.28. The van der Waals surface area contributed by atoms with Gasteiger partial charge in [-0.2, -0.15) is 0 Å². The minimum absolute atomic E-state index is 0.321. The van der Waals surface area contributed by atoms with E-state index in [1.807, 2.05) is 54.6 Å². The molecule has 0 amide bonds. The maximum Gasteiger partial charge on any atom is 0.150 e. The molecule has 0 aliphatic heterocycles. The number of hydrogen-bond acceptors (Lipinski definition) is 4. The van der Waals surface area contributed by atoms with Crippen LogP contribution in [-0.2, 0) is 13.3 Å². The van der Waals surface area contributed by atoms with Crippen LogP contribution in [0.25, 0.3) is 11.0 Å². The van der Waals surface area contributed by atoms with Gasteiger partial charge in [-0.3, -0.25) is 0 Å². The average Bonchev–Trinajstić information content (AvgIpc) is 3.10. The second-order valence-corrected chi connectivity index (χ2v) is 5.83. The molecule has 6 heteroatoms. The van der Waals surface area contributed by atoms with E-state index in [-0.39, 0.29) is 5.82 Å². The van der Waals surface area contributed by atoms with Crippen molar-refractivity contribution in [3.63, 3.8) is 0 Å². The molecule has 0 aliphatic carbocycles. The van der Waals surface area contributed by atoms with Crippen LogP contribution >= 0.6 is 0 Å². The highest BCUT2D eigenvalue weighted by Crippen LogP contribution is 2.22. The number of nitrogens with one attached hydrogen (secondary N) is 1. The van der Waals surface area contributed by atoms with Gasteiger partial charge in [0, 0.05) is 6.07 Å². The first-order valence-electron chi connectivity index (χ1n) is 8.28. The highest BCUT2D eigenvalue weighted by molar-refractivity contribution is 5.73. The Morgan fingerprint density at radius 2 is 1.77 bits per heavy atom. The maximum absolute atomic E-state index is 14.3. The average molecular weight is 348 g/mol. The Bertz CT molecular complexity index is 1020. The second-order valence-electron chi connectivity index (χ2n) is 5.83. The molecular weight excluding hydrogens is 331 g/mol. The number of aromatic nitrogens is 3. The van der Waals surface area contributed by atoms with E-state index in [2.05, 4.69) is 15.6 Å². The lowest BCUT2D eigenvalue weighted by molar-refractivity contribution is 0.304.